The molecular formula is C13H18N4S. The molecule has 2 aromatic heterocycles. The molecule has 0 saturated carbocycles. The first kappa shape index (κ1) is 13.0. The Morgan fingerprint density at radius 1 is 1.28 bits per heavy atom. The molecule has 2 rings (SSSR count). The van der Waals surface area contributed by atoms with Crippen LogP contribution >= 0.6 is 11.8 Å². The number of aromatic nitrogens is 3. The summed E-state index contributed by atoms with van der Waals surface area (Å²) < 4.78 is 1.93. The molecule has 18 heavy (non-hydrogen) atoms. The van der Waals surface area contributed by atoms with Crippen molar-refractivity contribution in [2.24, 2.45) is 0 Å². The van der Waals surface area contributed by atoms with E-state index in [0.717, 1.165) is 33.7 Å². The van der Waals surface area contributed by atoms with Crippen LogP contribution in [0.1, 0.15) is 23.9 Å². The van der Waals surface area contributed by atoms with Gasteiger partial charge in [-0.1, -0.05) is 0 Å². The van der Waals surface area contributed by atoms with Crippen molar-refractivity contribution in [3.05, 3.63) is 29.1 Å². The van der Waals surface area contributed by atoms with Gasteiger partial charge in [-0.3, -0.25) is 4.68 Å². The molecule has 0 aromatic carbocycles. The molecule has 0 radical (unpaired) electrons. The fraction of sp³-hybridized carbons (Fsp3) is 0.385. The number of aryl methyl sites for hydroxylation is 4. The zero-order valence-electron chi connectivity index (χ0n) is 11.2. The summed E-state index contributed by atoms with van der Waals surface area (Å²) in [6.45, 7) is 8.88. The highest BCUT2D eigenvalue weighted by atomic mass is 32.2. The van der Waals surface area contributed by atoms with Crippen LogP contribution in [0.5, 0.6) is 0 Å². The number of nitrogens with zero attached hydrogens (tertiary/aromatic N) is 3. The van der Waals surface area contributed by atoms with Gasteiger partial charge < -0.3 is 5.73 Å². The van der Waals surface area contributed by atoms with E-state index in [-0.39, 0.29) is 0 Å². The van der Waals surface area contributed by atoms with E-state index in [4.69, 9.17) is 5.73 Å². The zero-order chi connectivity index (χ0) is 13.3. The van der Waals surface area contributed by atoms with Gasteiger partial charge >= 0.3 is 0 Å². The van der Waals surface area contributed by atoms with Gasteiger partial charge in [0.25, 0.3) is 0 Å². The minimum absolute atomic E-state index is 0.753. The molecule has 0 atom stereocenters. The highest BCUT2D eigenvalue weighted by molar-refractivity contribution is 7.99. The van der Waals surface area contributed by atoms with E-state index in [1.807, 2.05) is 18.5 Å². The average molecular weight is 262 g/mol. The molecule has 2 heterocycles. The molecule has 96 valence electrons. The van der Waals surface area contributed by atoms with Crippen LogP contribution in [0.3, 0.4) is 0 Å². The fourth-order valence-electron chi connectivity index (χ4n) is 1.85. The molecule has 0 amide bonds. The molecule has 0 saturated heterocycles. The topological polar surface area (TPSA) is 56.7 Å². The minimum atomic E-state index is 0.753. The SMILES string of the molecule is CCn1nc(C)c(N)c1Sc1cc(C)cc(C)n1. The third-order valence-corrected chi connectivity index (χ3v) is 3.74. The fourth-order valence-corrected chi connectivity index (χ4v) is 3.02. The first-order valence-corrected chi connectivity index (χ1v) is 6.79. The summed E-state index contributed by atoms with van der Waals surface area (Å²) in [4.78, 5) is 4.52. The number of hydrogen-bond acceptors (Lipinski definition) is 4. The maximum Gasteiger partial charge on any atom is 0.123 e. The number of nitrogen functional groups attached to an aromatic ring is 1. The number of rotatable bonds is 3. The molecule has 4 nitrogen and oxygen atoms in total. The van der Waals surface area contributed by atoms with Crippen molar-refractivity contribution in [2.75, 3.05) is 5.73 Å². The van der Waals surface area contributed by atoms with Gasteiger partial charge in [0.15, 0.2) is 0 Å². The molecule has 0 aliphatic rings. The third-order valence-electron chi connectivity index (χ3n) is 2.70. The predicted octanol–water partition coefficient (Wildman–Crippen LogP) is 2.96. The van der Waals surface area contributed by atoms with Gasteiger partial charge in [0, 0.05) is 12.2 Å². The number of nitrogens with two attached hydrogens (primary N) is 1. The van der Waals surface area contributed by atoms with Crippen LogP contribution in [-0.2, 0) is 6.54 Å². The summed E-state index contributed by atoms with van der Waals surface area (Å²) in [5.74, 6) is 0. The Morgan fingerprint density at radius 3 is 2.61 bits per heavy atom. The quantitative estimate of drug-likeness (QED) is 0.924. The van der Waals surface area contributed by atoms with Crippen molar-refractivity contribution >= 4 is 17.4 Å². The van der Waals surface area contributed by atoms with Crippen molar-refractivity contribution in [3.8, 4) is 0 Å². The van der Waals surface area contributed by atoms with Crippen LogP contribution in [0.15, 0.2) is 22.2 Å². The molecular weight excluding hydrogens is 244 g/mol. The Kier molecular flexibility index (Phi) is 3.61. The van der Waals surface area contributed by atoms with Gasteiger partial charge in [0.05, 0.1) is 11.4 Å². The molecule has 0 aliphatic heterocycles. The molecule has 0 aliphatic carbocycles. The lowest BCUT2D eigenvalue weighted by molar-refractivity contribution is 0.602. The second kappa shape index (κ2) is 5.02. The standard InChI is InChI=1S/C13H18N4S/c1-5-17-13(12(14)10(4)16-17)18-11-7-8(2)6-9(3)15-11/h6-7H,5,14H2,1-4H3. The zero-order valence-corrected chi connectivity index (χ0v) is 12.0. The Morgan fingerprint density at radius 2 is 2.00 bits per heavy atom. The van der Waals surface area contributed by atoms with E-state index < -0.39 is 0 Å². The maximum absolute atomic E-state index is 6.07. The monoisotopic (exact) mass is 262 g/mol. The summed E-state index contributed by atoms with van der Waals surface area (Å²) in [5.41, 5.74) is 9.94. The average Bonchev–Trinajstić information content (AvgIpc) is 2.55. The Labute approximate surface area is 112 Å². The van der Waals surface area contributed by atoms with Gasteiger partial charge in [-0.2, -0.15) is 5.10 Å². The number of pyridine rings is 1. The van der Waals surface area contributed by atoms with Gasteiger partial charge in [0.2, 0.25) is 0 Å². The number of hydrogen-bond donors (Lipinski definition) is 1. The summed E-state index contributed by atoms with van der Waals surface area (Å²) in [6, 6.07) is 4.13. The highest BCUT2D eigenvalue weighted by Gasteiger charge is 2.13. The Bertz CT molecular complexity index is 554. The van der Waals surface area contributed by atoms with Crippen LogP contribution in [0.2, 0.25) is 0 Å². The molecule has 0 fully saturated rings. The lowest BCUT2D eigenvalue weighted by atomic mass is 10.3. The lowest BCUT2D eigenvalue weighted by Gasteiger charge is -2.06. The summed E-state index contributed by atoms with van der Waals surface area (Å²) >= 11 is 1.58. The number of anilines is 1. The van der Waals surface area contributed by atoms with Crippen molar-refractivity contribution in [2.45, 2.75) is 44.3 Å². The first-order chi connectivity index (χ1) is 8.51. The van der Waals surface area contributed by atoms with E-state index in [0.29, 0.717) is 0 Å². The minimum Gasteiger partial charge on any atom is -0.395 e. The highest BCUT2D eigenvalue weighted by Crippen LogP contribution is 2.33. The summed E-state index contributed by atoms with van der Waals surface area (Å²) in [5, 5.41) is 6.36. The van der Waals surface area contributed by atoms with Crippen LogP contribution in [0, 0.1) is 20.8 Å². The third kappa shape index (κ3) is 2.51. The Balaban J connectivity index is 2.39. The van der Waals surface area contributed by atoms with Crippen molar-refractivity contribution in [1.29, 1.82) is 0 Å². The Hall–Kier alpha value is -1.49. The van der Waals surface area contributed by atoms with E-state index in [2.05, 4.69) is 36.1 Å². The van der Waals surface area contributed by atoms with Gasteiger partial charge in [-0.25, -0.2) is 4.98 Å². The van der Waals surface area contributed by atoms with Crippen molar-refractivity contribution in [3.63, 3.8) is 0 Å². The van der Waals surface area contributed by atoms with Crippen molar-refractivity contribution in [1.82, 2.24) is 14.8 Å². The molecule has 0 unspecified atom stereocenters. The summed E-state index contributed by atoms with van der Waals surface area (Å²) in [7, 11) is 0. The first-order valence-electron chi connectivity index (χ1n) is 5.97. The van der Waals surface area contributed by atoms with E-state index in [9.17, 15) is 0 Å². The van der Waals surface area contributed by atoms with Crippen LogP contribution in [0.25, 0.3) is 0 Å². The largest absolute Gasteiger partial charge is 0.395 e. The predicted molar refractivity (Wildman–Crippen MR) is 74.9 cm³/mol. The maximum atomic E-state index is 6.07. The van der Waals surface area contributed by atoms with Gasteiger partial charge in [0.1, 0.15) is 10.1 Å². The molecule has 0 spiro atoms. The molecule has 2 N–H and O–H groups in total. The van der Waals surface area contributed by atoms with E-state index in [1.54, 1.807) is 11.8 Å². The lowest BCUT2D eigenvalue weighted by Crippen LogP contribution is -1.99. The molecule has 2 aromatic rings. The van der Waals surface area contributed by atoms with Crippen molar-refractivity contribution < 1.29 is 0 Å². The van der Waals surface area contributed by atoms with E-state index >= 15 is 0 Å². The van der Waals surface area contributed by atoms with Gasteiger partial charge in [-0.15, -0.1) is 0 Å². The second-order valence-corrected chi connectivity index (χ2v) is 5.36. The summed E-state index contributed by atoms with van der Waals surface area (Å²) in [6.07, 6.45) is 0. The smallest absolute Gasteiger partial charge is 0.123 e. The molecule has 5 heteroatoms. The van der Waals surface area contributed by atoms with Crippen LogP contribution in [0.4, 0.5) is 5.69 Å². The van der Waals surface area contributed by atoms with E-state index in [1.165, 1.54) is 5.56 Å². The van der Waals surface area contributed by atoms with Crippen LogP contribution < -0.4 is 5.73 Å². The normalized spacial score (nSPS) is 10.9. The van der Waals surface area contributed by atoms with Gasteiger partial charge in [-0.05, 0) is 57.2 Å². The van der Waals surface area contributed by atoms with Crippen LogP contribution in [-0.4, -0.2) is 14.8 Å². The second-order valence-electron chi connectivity index (χ2n) is 4.35. The molecule has 0 bridgehead atoms.